The average molecular weight is 448 g/mol. The first-order valence-corrected chi connectivity index (χ1v) is 11.9. The van der Waals surface area contributed by atoms with Gasteiger partial charge in [-0.05, 0) is 51.3 Å². The first-order chi connectivity index (χ1) is 15.9. The minimum Gasteiger partial charge on any atom is -0.466 e. The van der Waals surface area contributed by atoms with Crippen molar-refractivity contribution >= 4 is 17.6 Å². The lowest BCUT2D eigenvalue weighted by Crippen LogP contribution is -2.44. The third-order valence-corrected chi connectivity index (χ3v) is 6.50. The van der Waals surface area contributed by atoms with E-state index in [-0.39, 0.29) is 30.4 Å². The van der Waals surface area contributed by atoms with Crippen molar-refractivity contribution in [3.8, 4) is 0 Å². The maximum absolute atomic E-state index is 13.5. The van der Waals surface area contributed by atoms with Gasteiger partial charge in [-0.1, -0.05) is 59.7 Å². The van der Waals surface area contributed by atoms with Crippen LogP contribution in [0.1, 0.15) is 54.5 Å². The van der Waals surface area contributed by atoms with Gasteiger partial charge in [0.15, 0.2) is 0 Å². The summed E-state index contributed by atoms with van der Waals surface area (Å²) in [5.41, 5.74) is 5.45. The van der Waals surface area contributed by atoms with Crippen molar-refractivity contribution in [1.29, 1.82) is 0 Å². The Morgan fingerprint density at radius 2 is 1.70 bits per heavy atom. The summed E-state index contributed by atoms with van der Waals surface area (Å²) >= 11 is 0. The van der Waals surface area contributed by atoms with Crippen molar-refractivity contribution in [1.82, 2.24) is 9.91 Å². The smallest absolute Gasteiger partial charge is 0.310 e. The number of amides is 1. The molecule has 1 fully saturated rings. The number of esters is 1. The van der Waals surface area contributed by atoms with E-state index in [1.54, 1.807) is 5.01 Å². The van der Waals surface area contributed by atoms with Crippen molar-refractivity contribution in [2.24, 2.45) is 11.0 Å². The second-order valence-corrected chi connectivity index (χ2v) is 9.11. The predicted molar refractivity (Wildman–Crippen MR) is 129 cm³/mol. The average Bonchev–Trinajstić information content (AvgIpc) is 3.26. The summed E-state index contributed by atoms with van der Waals surface area (Å²) in [6.07, 6.45) is 2.38. The Morgan fingerprint density at radius 3 is 2.36 bits per heavy atom. The summed E-state index contributed by atoms with van der Waals surface area (Å²) < 4.78 is 5.21. The molecule has 0 saturated carbocycles. The second-order valence-electron chi connectivity index (χ2n) is 9.11. The summed E-state index contributed by atoms with van der Waals surface area (Å²) in [6.45, 7) is 7.95. The molecule has 0 unspecified atom stereocenters. The molecule has 174 valence electrons. The van der Waals surface area contributed by atoms with Gasteiger partial charge in [0, 0.05) is 13.0 Å². The highest BCUT2D eigenvalue weighted by molar-refractivity contribution is 6.03. The number of piperidine rings is 1. The largest absolute Gasteiger partial charge is 0.466 e. The lowest BCUT2D eigenvalue weighted by molar-refractivity contribution is -0.150. The van der Waals surface area contributed by atoms with Crippen LogP contribution in [-0.2, 0) is 14.3 Å². The van der Waals surface area contributed by atoms with Crippen molar-refractivity contribution < 1.29 is 14.3 Å². The van der Waals surface area contributed by atoms with Crippen LogP contribution in [-0.4, -0.2) is 53.7 Å². The quantitative estimate of drug-likeness (QED) is 0.621. The minimum absolute atomic E-state index is 0.0350. The minimum atomic E-state index is -0.162. The first-order valence-electron chi connectivity index (χ1n) is 11.9. The zero-order valence-electron chi connectivity index (χ0n) is 19.8. The Morgan fingerprint density at radius 1 is 1.03 bits per heavy atom. The van der Waals surface area contributed by atoms with Gasteiger partial charge in [0.05, 0.1) is 30.8 Å². The van der Waals surface area contributed by atoms with Crippen molar-refractivity contribution in [3.05, 3.63) is 70.8 Å². The molecule has 2 heterocycles. The lowest BCUT2D eigenvalue weighted by Gasteiger charge is -2.32. The summed E-state index contributed by atoms with van der Waals surface area (Å²) in [4.78, 5) is 27.7. The number of aryl methyl sites for hydroxylation is 2. The monoisotopic (exact) mass is 447 g/mol. The van der Waals surface area contributed by atoms with E-state index in [0.717, 1.165) is 36.2 Å². The molecule has 2 aromatic carbocycles. The number of likely N-dealkylation sites (tertiary alicyclic amines) is 1. The van der Waals surface area contributed by atoms with Crippen LogP contribution in [0.3, 0.4) is 0 Å². The van der Waals surface area contributed by atoms with E-state index in [0.29, 0.717) is 19.6 Å². The maximum Gasteiger partial charge on any atom is 0.310 e. The van der Waals surface area contributed by atoms with Crippen LogP contribution in [0.25, 0.3) is 0 Å². The third-order valence-electron chi connectivity index (χ3n) is 6.50. The maximum atomic E-state index is 13.5. The number of rotatable bonds is 6. The molecular weight excluding hydrogens is 414 g/mol. The van der Waals surface area contributed by atoms with Gasteiger partial charge in [-0.25, -0.2) is 5.01 Å². The zero-order chi connectivity index (χ0) is 23.4. The Balaban J connectivity index is 1.53. The van der Waals surface area contributed by atoms with Gasteiger partial charge in [0.2, 0.25) is 0 Å². The molecule has 0 N–H and O–H groups in total. The van der Waals surface area contributed by atoms with Gasteiger partial charge in [-0.3, -0.25) is 14.5 Å². The van der Waals surface area contributed by atoms with Gasteiger partial charge in [0.25, 0.3) is 5.91 Å². The number of benzene rings is 2. The Bertz CT molecular complexity index is 1010. The fourth-order valence-electron chi connectivity index (χ4n) is 4.62. The fraction of sp³-hybridized carbons (Fsp3) is 0.444. The van der Waals surface area contributed by atoms with Gasteiger partial charge < -0.3 is 4.74 Å². The Kier molecular flexibility index (Phi) is 7.23. The van der Waals surface area contributed by atoms with Gasteiger partial charge >= 0.3 is 5.97 Å². The summed E-state index contributed by atoms with van der Waals surface area (Å²) in [7, 11) is 0. The zero-order valence-corrected chi connectivity index (χ0v) is 19.8. The molecule has 33 heavy (non-hydrogen) atoms. The van der Waals surface area contributed by atoms with E-state index in [9.17, 15) is 9.59 Å². The van der Waals surface area contributed by atoms with E-state index in [2.05, 4.69) is 67.3 Å². The van der Waals surface area contributed by atoms with Gasteiger partial charge in [-0.2, -0.15) is 5.10 Å². The molecule has 6 nitrogen and oxygen atoms in total. The lowest BCUT2D eigenvalue weighted by atomic mass is 9.97. The Labute approximate surface area is 196 Å². The van der Waals surface area contributed by atoms with Crippen LogP contribution in [0, 0.1) is 19.8 Å². The molecule has 2 aromatic rings. The van der Waals surface area contributed by atoms with Gasteiger partial charge in [-0.15, -0.1) is 0 Å². The van der Waals surface area contributed by atoms with Crippen LogP contribution in [0.15, 0.2) is 53.6 Å². The number of hydrogen-bond acceptors (Lipinski definition) is 5. The van der Waals surface area contributed by atoms with Gasteiger partial charge in [0.1, 0.15) is 0 Å². The number of carbonyl (C=O) groups is 2. The molecule has 0 spiro atoms. The van der Waals surface area contributed by atoms with E-state index in [1.807, 2.05) is 6.92 Å². The summed E-state index contributed by atoms with van der Waals surface area (Å²) in [5.74, 6) is -0.357. The van der Waals surface area contributed by atoms with E-state index in [4.69, 9.17) is 9.84 Å². The molecule has 0 aromatic heterocycles. The van der Waals surface area contributed by atoms with Crippen molar-refractivity contribution in [2.75, 3.05) is 26.2 Å². The molecular formula is C27H33N3O3. The molecule has 0 aliphatic carbocycles. The van der Waals surface area contributed by atoms with Crippen molar-refractivity contribution in [2.45, 2.75) is 46.1 Å². The molecule has 1 amide bonds. The molecule has 2 aliphatic rings. The number of hydrogen-bond donors (Lipinski definition) is 0. The predicted octanol–water partition coefficient (Wildman–Crippen LogP) is 4.26. The van der Waals surface area contributed by atoms with Crippen LogP contribution in [0.5, 0.6) is 0 Å². The number of hydrazone groups is 1. The highest BCUT2D eigenvalue weighted by Gasteiger charge is 2.35. The highest BCUT2D eigenvalue weighted by atomic mass is 16.5. The molecule has 4 rings (SSSR count). The van der Waals surface area contributed by atoms with E-state index < -0.39 is 0 Å². The molecule has 6 heteroatoms. The van der Waals surface area contributed by atoms with Crippen LogP contribution < -0.4 is 0 Å². The second kappa shape index (κ2) is 10.3. The van der Waals surface area contributed by atoms with Crippen LogP contribution in [0.4, 0.5) is 0 Å². The van der Waals surface area contributed by atoms with E-state index in [1.165, 1.54) is 11.1 Å². The van der Waals surface area contributed by atoms with Crippen LogP contribution >= 0.6 is 0 Å². The van der Waals surface area contributed by atoms with Crippen molar-refractivity contribution in [3.63, 3.8) is 0 Å². The molecule has 0 bridgehead atoms. The molecule has 1 saturated heterocycles. The third kappa shape index (κ3) is 5.50. The topological polar surface area (TPSA) is 62.2 Å². The summed E-state index contributed by atoms with van der Waals surface area (Å²) in [6, 6.07) is 16.5. The molecule has 0 radical (unpaired) electrons. The first kappa shape index (κ1) is 23.2. The molecule has 2 atom stereocenters. The van der Waals surface area contributed by atoms with E-state index >= 15 is 0 Å². The number of carbonyl (C=O) groups excluding carboxylic acids is 2. The standard InChI is InChI=1S/C27H33N3O3/c1-4-33-27(32)23-6-5-15-29(17-23)18-26(31)30-25(22-13-9-20(3)10-14-22)16-24(28-30)21-11-7-19(2)8-12-21/h7-14,23,25H,4-6,15-18H2,1-3H3/t23-,25+/m1/s1. The van der Waals surface area contributed by atoms with Crippen LogP contribution in [0.2, 0.25) is 0 Å². The SMILES string of the molecule is CCOC(=O)[C@@H]1CCCN(CC(=O)N2N=C(c3ccc(C)cc3)C[C@H]2c2ccc(C)cc2)C1. The molecule has 2 aliphatic heterocycles. The highest BCUT2D eigenvalue weighted by Crippen LogP contribution is 2.33. The number of nitrogens with zero attached hydrogens (tertiary/aromatic N) is 3. The summed E-state index contributed by atoms with van der Waals surface area (Å²) in [5, 5.41) is 6.46. The fourth-order valence-corrected chi connectivity index (χ4v) is 4.62. The normalized spacial score (nSPS) is 21.1. The number of ether oxygens (including phenoxy) is 1. The Hall–Kier alpha value is -2.99.